The molecule has 3 nitrogen and oxygen atoms in total. The fourth-order valence-electron chi connectivity index (χ4n) is 2.54. The summed E-state index contributed by atoms with van der Waals surface area (Å²) >= 11 is 0. The predicted molar refractivity (Wildman–Crippen MR) is 81.0 cm³/mol. The van der Waals surface area contributed by atoms with Crippen LogP contribution in [0, 0.1) is 0 Å². The van der Waals surface area contributed by atoms with Crippen molar-refractivity contribution in [3.8, 4) is 0 Å². The number of para-hydroxylation sites is 1. The fraction of sp³-hybridized carbons (Fsp3) is 0.176. The summed E-state index contributed by atoms with van der Waals surface area (Å²) < 4.78 is 37.1. The van der Waals surface area contributed by atoms with Crippen molar-refractivity contribution in [3.05, 3.63) is 65.2 Å². The lowest BCUT2D eigenvalue weighted by molar-refractivity contribution is -0.173. The van der Waals surface area contributed by atoms with Crippen molar-refractivity contribution in [2.24, 2.45) is 4.99 Å². The van der Waals surface area contributed by atoms with Gasteiger partial charge in [0.05, 0.1) is 17.9 Å². The molecule has 3 rings (SSSR count). The molecule has 0 atom stereocenters. The van der Waals surface area contributed by atoms with E-state index in [1.807, 2.05) is 41.7 Å². The van der Waals surface area contributed by atoms with Gasteiger partial charge in [-0.3, -0.25) is 9.79 Å². The van der Waals surface area contributed by atoms with Crippen molar-refractivity contribution in [1.82, 2.24) is 5.32 Å². The Labute approximate surface area is 130 Å². The van der Waals surface area contributed by atoms with Crippen LogP contribution in [0.2, 0.25) is 0 Å². The monoisotopic (exact) mass is 318 g/mol. The number of hydrogen-bond acceptors (Lipinski definition) is 2. The van der Waals surface area contributed by atoms with Crippen molar-refractivity contribution >= 4 is 17.3 Å². The van der Waals surface area contributed by atoms with Crippen LogP contribution in [0.1, 0.15) is 16.7 Å². The van der Waals surface area contributed by atoms with Crippen molar-refractivity contribution in [3.63, 3.8) is 0 Å². The van der Waals surface area contributed by atoms with Gasteiger partial charge in [0.1, 0.15) is 0 Å². The van der Waals surface area contributed by atoms with Crippen LogP contribution in [0.4, 0.5) is 18.9 Å². The standard InChI is InChI=1S/C17H13F3N2O/c18-17(19,20)16(23)21-10-15-13-7-3-1-5-11(13)9-12-6-2-4-8-14(12)22-15/h1-8H,9-10H2,(H,21,23). The Morgan fingerprint density at radius 3 is 2.43 bits per heavy atom. The van der Waals surface area contributed by atoms with Gasteiger partial charge in [-0.15, -0.1) is 0 Å². The van der Waals surface area contributed by atoms with Crippen LogP contribution in [-0.2, 0) is 11.2 Å². The van der Waals surface area contributed by atoms with Gasteiger partial charge in [-0.05, 0) is 17.2 Å². The molecule has 0 bridgehead atoms. The molecule has 0 fully saturated rings. The molecule has 1 amide bonds. The first-order chi connectivity index (χ1) is 10.9. The van der Waals surface area contributed by atoms with Gasteiger partial charge in [0, 0.05) is 12.0 Å². The number of hydrogen-bond donors (Lipinski definition) is 1. The highest BCUT2D eigenvalue weighted by molar-refractivity contribution is 6.06. The minimum Gasteiger partial charge on any atom is -0.343 e. The van der Waals surface area contributed by atoms with Gasteiger partial charge >= 0.3 is 12.1 Å². The summed E-state index contributed by atoms with van der Waals surface area (Å²) in [6, 6.07) is 14.9. The Hall–Kier alpha value is -2.63. The lowest BCUT2D eigenvalue weighted by atomic mass is 9.98. The smallest absolute Gasteiger partial charge is 0.343 e. The van der Waals surface area contributed by atoms with Crippen molar-refractivity contribution in [1.29, 1.82) is 0 Å². The highest BCUT2D eigenvalue weighted by Gasteiger charge is 2.38. The number of nitrogens with one attached hydrogen (secondary N) is 1. The molecule has 2 aromatic rings. The minimum absolute atomic E-state index is 0.274. The molecule has 6 heteroatoms. The Bertz CT molecular complexity index is 781. The van der Waals surface area contributed by atoms with E-state index in [-0.39, 0.29) is 6.54 Å². The van der Waals surface area contributed by atoms with E-state index in [2.05, 4.69) is 4.99 Å². The number of aliphatic imine (C=N–C) groups is 1. The molecule has 2 aromatic carbocycles. The highest BCUT2D eigenvalue weighted by atomic mass is 19.4. The molecule has 1 aliphatic rings. The maximum atomic E-state index is 12.4. The third-order valence-electron chi connectivity index (χ3n) is 3.63. The summed E-state index contributed by atoms with van der Waals surface area (Å²) in [5.41, 5.74) is 3.85. The molecular weight excluding hydrogens is 305 g/mol. The van der Waals surface area contributed by atoms with Gasteiger partial charge in [-0.25, -0.2) is 0 Å². The van der Waals surface area contributed by atoms with E-state index in [9.17, 15) is 18.0 Å². The molecule has 0 unspecified atom stereocenters. The summed E-state index contributed by atoms with van der Waals surface area (Å²) in [6.45, 7) is -0.274. The number of fused-ring (bicyclic) bond motifs is 2. The number of rotatable bonds is 2. The first kappa shape index (κ1) is 15.3. The third kappa shape index (κ3) is 3.26. The number of carbonyl (C=O) groups excluding carboxylic acids is 1. The second-order valence-electron chi connectivity index (χ2n) is 5.20. The topological polar surface area (TPSA) is 41.5 Å². The number of carbonyl (C=O) groups is 1. The molecule has 1 N–H and O–H groups in total. The second kappa shape index (κ2) is 5.87. The van der Waals surface area contributed by atoms with E-state index in [0.29, 0.717) is 17.8 Å². The van der Waals surface area contributed by atoms with Gasteiger partial charge < -0.3 is 5.32 Å². The highest BCUT2D eigenvalue weighted by Crippen LogP contribution is 2.28. The van der Waals surface area contributed by atoms with Gasteiger partial charge in [-0.2, -0.15) is 13.2 Å². The zero-order valence-electron chi connectivity index (χ0n) is 12.0. The number of alkyl halides is 3. The predicted octanol–water partition coefficient (Wildman–Crippen LogP) is 3.39. The normalized spacial score (nSPS) is 13.4. The van der Waals surface area contributed by atoms with Gasteiger partial charge in [0.2, 0.25) is 0 Å². The van der Waals surface area contributed by atoms with Crippen LogP contribution in [0.25, 0.3) is 0 Å². The lowest BCUT2D eigenvalue weighted by Crippen LogP contribution is -2.39. The minimum atomic E-state index is -4.90. The zero-order chi connectivity index (χ0) is 16.4. The quantitative estimate of drug-likeness (QED) is 0.906. The summed E-state index contributed by atoms with van der Waals surface area (Å²) in [7, 11) is 0. The molecule has 1 heterocycles. The summed E-state index contributed by atoms with van der Waals surface area (Å²) in [5.74, 6) is -1.96. The van der Waals surface area contributed by atoms with Crippen molar-refractivity contribution in [2.45, 2.75) is 12.6 Å². The molecular formula is C17H13F3N2O. The van der Waals surface area contributed by atoms with Gasteiger partial charge in [0.25, 0.3) is 0 Å². The van der Waals surface area contributed by atoms with Crippen LogP contribution in [0.3, 0.4) is 0 Å². The van der Waals surface area contributed by atoms with E-state index in [1.54, 1.807) is 12.1 Å². The van der Waals surface area contributed by atoms with E-state index in [1.165, 1.54) is 0 Å². The molecule has 0 saturated carbocycles. The van der Waals surface area contributed by atoms with Crippen LogP contribution >= 0.6 is 0 Å². The third-order valence-corrected chi connectivity index (χ3v) is 3.63. The summed E-state index contributed by atoms with van der Waals surface area (Å²) in [6.07, 6.45) is -4.25. The maximum Gasteiger partial charge on any atom is 0.471 e. The molecule has 0 spiro atoms. The Morgan fingerprint density at radius 1 is 1.04 bits per heavy atom. The largest absolute Gasteiger partial charge is 0.471 e. The maximum absolute atomic E-state index is 12.4. The van der Waals surface area contributed by atoms with E-state index in [0.717, 1.165) is 16.7 Å². The van der Waals surface area contributed by atoms with Crippen LogP contribution < -0.4 is 5.32 Å². The molecule has 0 radical (unpaired) electrons. The fourth-order valence-corrected chi connectivity index (χ4v) is 2.54. The van der Waals surface area contributed by atoms with Gasteiger partial charge in [-0.1, -0.05) is 42.5 Å². The number of nitrogens with zero attached hydrogens (tertiary/aromatic N) is 1. The average molecular weight is 318 g/mol. The number of amides is 1. The van der Waals surface area contributed by atoms with E-state index >= 15 is 0 Å². The Kier molecular flexibility index (Phi) is 3.90. The molecule has 0 aromatic heterocycles. The lowest BCUT2D eigenvalue weighted by Gasteiger charge is -2.11. The van der Waals surface area contributed by atoms with Crippen LogP contribution in [0.15, 0.2) is 53.5 Å². The molecule has 118 valence electrons. The Balaban J connectivity index is 1.97. The number of halogens is 3. The van der Waals surface area contributed by atoms with E-state index < -0.39 is 12.1 Å². The second-order valence-corrected chi connectivity index (χ2v) is 5.20. The average Bonchev–Trinajstić information content (AvgIpc) is 2.68. The molecule has 0 saturated heterocycles. The summed E-state index contributed by atoms with van der Waals surface area (Å²) in [4.78, 5) is 15.5. The SMILES string of the molecule is O=C(NCC1=Nc2ccccc2Cc2ccccc21)C(F)(F)F. The molecule has 1 aliphatic heterocycles. The van der Waals surface area contributed by atoms with Crippen molar-refractivity contribution < 1.29 is 18.0 Å². The molecule has 23 heavy (non-hydrogen) atoms. The Morgan fingerprint density at radius 2 is 1.70 bits per heavy atom. The first-order valence-electron chi connectivity index (χ1n) is 7.04. The van der Waals surface area contributed by atoms with Crippen LogP contribution in [0.5, 0.6) is 0 Å². The molecule has 0 aliphatic carbocycles. The summed E-state index contributed by atoms with van der Waals surface area (Å²) in [5, 5.41) is 1.90. The first-order valence-corrected chi connectivity index (χ1v) is 7.04. The van der Waals surface area contributed by atoms with Crippen molar-refractivity contribution in [2.75, 3.05) is 6.54 Å². The zero-order valence-corrected chi connectivity index (χ0v) is 12.0. The van der Waals surface area contributed by atoms with Crippen LogP contribution in [-0.4, -0.2) is 24.3 Å². The van der Waals surface area contributed by atoms with E-state index in [4.69, 9.17) is 0 Å². The van der Waals surface area contributed by atoms with Gasteiger partial charge in [0.15, 0.2) is 0 Å². The number of benzene rings is 2.